The van der Waals surface area contributed by atoms with E-state index in [-0.39, 0.29) is 24.9 Å². The number of carbonyl (C=O) groups excluding carboxylic acids is 1. The van der Waals surface area contributed by atoms with Crippen LogP contribution in [0.5, 0.6) is 5.75 Å². The zero-order chi connectivity index (χ0) is 28.5. The van der Waals surface area contributed by atoms with E-state index in [4.69, 9.17) is 4.74 Å². The van der Waals surface area contributed by atoms with Gasteiger partial charge in [0.25, 0.3) is 5.91 Å². The first-order valence-electron chi connectivity index (χ1n) is 13.6. The maximum Gasteiger partial charge on any atom is 0.251 e. The smallest absolute Gasteiger partial charge is 0.251 e. The summed E-state index contributed by atoms with van der Waals surface area (Å²) in [5.41, 5.74) is 2.74. The summed E-state index contributed by atoms with van der Waals surface area (Å²) in [6.45, 7) is 3.96. The minimum atomic E-state index is -2.94. The van der Waals surface area contributed by atoms with Crippen LogP contribution >= 0.6 is 34.5 Å². The van der Waals surface area contributed by atoms with Gasteiger partial charge < -0.3 is 25.8 Å². The lowest BCUT2D eigenvalue weighted by Crippen LogP contribution is -2.48. The minimum absolute atomic E-state index is 0. The van der Waals surface area contributed by atoms with Gasteiger partial charge in [-0.05, 0) is 67.1 Å². The Morgan fingerprint density at radius 1 is 1.15 bits per heavy atom. The van der Waals surface area contributed by atoms with E-state index in [2.05, 4.69) is 16.0 Å². The second-order valence-electron chi connectivity index (χ2n) is 9.86. The van der Waals surface area contributed by atoms with Crippen molar-refractivity contribution in [3.05, 3.63) is 76.0 Å². The number of hydrogen-bond acceptors (Lipinski definition) is 9. The van der Waals surface area contributed by atoms with Crippen LogP contribution in [0.1, 0.15) is 40.6 Å². The Morgan fingerprint density at radius 2 is 1.98 bits per heavy atom. The van der Waals surface area contributed by atoms with Crippen molar-refractivity contribution in [2.45, 2.75) is 44.9 Å². The Bertz CT molecular complexity index is 1250. The largest absolute Gasteiger partial charge is 0.497 e. The number of rotatable bonds is 13. The number of thiophene rings is 1. The van der Waals surface area contributed by atoms with Gasteiger partial charge in [-0.1, -0.05) is 18.2 Å². The molecule has 2 aromatic carbocycles. The average Bonchev–Trinajstić information content (AvgIpc) is 3.45. The molecule has 1 fully saturated rings. The number of benzene rings is 2. The third-order valence-electron chi connectivity index (χ3n) is 6.83. The maximum absolute atomic E-state index is 13.6. The molecule has 0 radical (unpaired) electrons. The van der Waals surface area contributed by atoms with Gasteiger partial charge in [0, 0.05) is 48.7 Å². The number of methoxy groups -OCH3 is 1. The first-order chi connectivity index (χ1) is 19.3. The number of aliphatic hydroxyl groups is 1. The van der Waals surface area contributed by atoms with Crippen LogP contribution in [-0.4, -0.2) is 64.8 Å². The SMILES string of the molecule is CCNc1cc(C(=O)N[C@@H](Cc2cccs2)[C@@H](O)CNCc2cccc(OC)c2)cc(N2CCCCS2(O)O)c1.Cl. The van der Waals surface area contributed by atoms with Crippen molar-refractivity contribution >= 4 is 51.8 Å². The molecule has 3 aromatic rings. The number of nitrogens with one attached hydrogen (secondary N) is 3. The molecule has 1 aromatic heterocycles. The topological polar surface area (TPSA) is 126 Å². The lowest BCUT2D eigenvalue weighted by Gasteiger charge is -2.47. The summed E-state index contributed by atoms with van der Waals surface area (Å²) in [5, 5.41) is 22.7. The molecule has 0 unspecified atom stereocenters. The number of anilines is 2. The third-order valence-corrected chi connectivity index (χ3v) is 9.66. The van der Waals surface area contributed by atoms with Crippen LogP contribution in [0.2, 0.25) is 0 Å². The van der Waals surface area contributed by atoms with E-state index in [1.54, 1.807) is 34.9 Å². The van der Waals surface area contributed by atoms with E-state index >= 15 is 0 Å². The number of halogens is 1. The fraction of sp³-hybridized carbons (Fsp3) is 0.414. The van der Waals surface area contributed by atoms with Crippen LogP contribution in [0.15, 0.2) is 60.0 Å². The summed E-state index contributed by atoms with van der Waals surface area (Å²) in [4.78, 5) is 14.6. The van der Waals surface area contributed by atoms with Crippen LogP contribution in [-0.2, 0) is 13.0 Å². The molecule has 0 bridgehead atoms. The number of carbonyl (C=O) groups is 1. The molecule has 0 aliphatic carbocycles. The molecule has 9 nitrogen and oxygen atoms in total. The predicted octanol–water partition coefficient (Wildman–Crippen LogP) is 5.37. The maximum atomic E-state index is 13.6. The highest BCUT2D eigenvalue weighted by atomic mass is 35.5. The van der Waals surface area contributed by atoms with Gasteiger partial charge in [-0.2, -0.15) is 0 Å². The monoisotopic (exact) mass is 624 g/mol. The zero-order valence-electron chi connectivity index (χ0n) is 23.4. The molecule has 1 amide bonds. The normalized spacial score (nSPS) is 16.7. The Hall–Kier alpha value is -2.51. The zero-order valence-corrected chi connectivity index (χ0v) is 25.9. The number of hydrogen-bond donors (Lipinski definition) is 6. The molecular weight excluding hydrogens is 584 g/mol. The molecule has 2 atom stereocenters. The van der Waals surface area contributed by atoms with Crippen LogP contribution < -0.4 is 25.0 Å². The van der Waals surface area contributed by atoms with E-state index in [0.29, 0.717) is 43.1 Å². The van der Waals surface area contributed by atoms with Gasteiger partial charge in [-0.15, -0.1) is 34.5 Å². The number of ether oxygens (including phenoxy) is 1. The van der Waals surface area contributed by atoms with Gasteiger partial charge >= 0.3 is 0 Å². The molecule has 2 heterocycles. The van der Waals surface area contributed by atoms with Crippen LogP contribution in [0, 0.1) is 0 Å². The van der Waals surface area contributed by atoms with Crippen LogP contribution in [0.25, 0.3) is 0 Å². The molecule has 4 rings (SSSR count). The second kappa shape index (κ2) is 15.6. The first-order valence-corrected chi connectivity index (χ1v) is 16.1. The average molecular weight is 625 g/mol. The summed E-state index contributed by atoms with van der Waals surface area (Å²) in [6.07, 6.45) is 1.24. The van der Waals surface area contributed by atoms with Gasteiger partial charge in [0.2, 0.25) is 0 Å². The fourth-order valence-electron chi connectivity index (χ4n) is 4.77. The van der Waals surface area contributed by atoms with Crippen molar-refractivity contribution in [2.75, 3.05) is 42.1 Å². The number of amides is 1. The van der Waals surface area contributed by atoms with Gasteiger partial charge in [-0.3, -0.25) is 18.2 Å². The molecule has 6 N–H and O–H groups in total. The van der Waals surface area contributed by atoms with Crippen LogP contribution in [0.3, 0.4) is 0 Å². The Morgan fingerprint density at radius 3 is 2.68 bits per heavy atom. The highest BCUT2D eigenvalue weighted by Crippen LogP contribution is 2.50. The summed E-state index contributed by atoms with van der Waals surface area (Å²) in [7, 11) is -1.31. The van der Waals surface area contributed by atoms with Gasteiger partial charge in [0.15, 0.2) is 0 Å². The lowest BCUT2D eigenvalue weighted by molar-refractivity contribution is 0.0831. The van der Waals surface area contributed by atoms with Crippen molar-refractivity contribution in [3.63, 3.8) is 0 Å². The second-order valence-corrected chi connectivity index (χ2v) is 13.0. The first kappa shape index (κ1) is 33.0. The predicted molar refractivity (Wildman–Crippen MR) is 172 cm³/mol. The highest BCUT2D eigenvalue weighted by molar-refractivity contribution is 8.25. The van der Waals surface area contributed by atoms with Crippen molar-refractivity contribution in [1.82, 2.24) is 10.6 Å². The summed E-state index contributed by atoms with van der Waals surface area (Å²) < 4.78 is 28.3. The van der Waals surface area contributed by atoms with Gasteiger partial charge in [0.05, 0.1) is 30.7 Å². The highest BCUT2D eigenvalue weighted by Gasteiger charge is 2.28. The molecule has 1 saturated heterocycles. The third kappa shape index (κ3) is 9.24. The molecule has 226 valence electrons. The van der Waals surface area contributed by atoms with Crippen LogP contribution in [0.4, 0.5) is 11.4 Å². The number of aliphatic hydroxyl groups excluding tert-OH is 1. The van der Waals surface area contributed by atoms with E-state index in [0.717, 1.165) is 34.7 Å². The van der Waals surface area contributed by atoms with E-state index in [1.165, 1.54) is 0 Å². The summed E-state index contributed by atoms with van der Waals surface area (Å²) in [5.74, 6) is 0.758. The lowest BCUT2D eigenvalue weighted by atomic mass is 10.0. The fourth-order valence-corrected chi connectivity index (χ4v) is 7.21. The van der Waals surface area contributed by atoms with Crippen molar-refractivity contribution in [3.8, 4) is 5.75 Å². The Balaban J connectivity index is 0.00000462. The summed E-state index contributed by atoms with van der Waals surface area (Å²) >= 11 is 1.58. The molecule has 1 aliphatic heterocycles. The molecule has 0 saturated carbocycles. The minimum Gasteiger partial charge on any atom is -0.497 e. The van der Waals surface area contributed by atoms with Gasteiger partial charge in [0.1, 0.15) is 5.75 Å². The van der Waals surface area contributed by atoms with Crippen molar-refractivity contribution in [1.29, 1.82) is 0 Å². The van der Waals surface area contributed by atoms with Gasteiger partial charge in [-0.25, -0.2) is 0 Å². The standard InChI is InChI=1S/C29H40N4O5S2.ClH/c1-3-31-23-15-22(16-24(17-23)33-11-4-5-13-40(33,36)37)29(35)32-27(18-26-10-7-12-39-26)28(34)20-30-19-21-8-6-9-25(14-21)38-2;/h6-10,12,14-17,27-28,30-31,34,36-37H,3-5,11,13,18-20H2,1-2H3,(H,32,35);1H/t27-,28-;/m0./s1. The van der Waals surface area contributed by atoms with E-state index < -0.39 is 22.9 Å². The molecule has 41 heavy (non-hydrogen) atoms. The van der Waals surface area contributed by atoms with Crippen molar-refractivity contribution in [2.24, 2.45) is 0 Å². The quantitative estimate of drug-likeness (QED) is 0.150. The molecule has 1 aliphatic rings. The molecular formula is C29H41ClN4O5S2. The van der Waals surface area contributed by atoms with E-state index in [9.17, 15) is 19.0 Å². The van der Waals surface area contributed by atoms with E-state index in [1.807, 2.05) is 54.8 Å². The number of nitrogens with zero attached hydrogens (tertiary/aromatic N) is 1. The Labute approximate surface area is 254 Å². The summed E-state index contributed by atoms with van der Waals surface area (Å²) in [6, 6.07) is 16.4. The Kier molecular flexibility index (Phi) is 12.6. The molecule has 0 spiro atoms. The van der Waals surface area contributed by atoms with Crippen molar-refractivity contribution < 1.29 is 23.7 Å². The molecule has 12 heteroatoms.